The molecule has 1 saturated heterocycles. The normalized spacial score (nSPS) is 15.1. The number of carboxylic acid groups (broad SMARTS) is 1. The molecule has 0 saturated carbocycles. The monoisotopic (exact) mass is 419 g/mol. The Labute approximate surface area is 175 Å². The summed E-state index contributed by atoms with van der Waals surface area (Å²) in [6, 6.07) is 6.51. The number of carbonyl (C=O) groups excluding carboxylic acids is 1. The van der Waals surface area contributed by atoms with Crippen molar-refractivity contribution in [3.63, 3.8) is 0 Å². The molecule has 0 bridgehead atoms. The first-order chi connectivity index (χ1) is 13.5. The van der Waals surface area contributed by atoms with E-state index in [4.69, 9.17) is 9.84 Å². The summed E-state index contributed by atoms with van der Waals surface area (Å²) in [7, 11) is 0. The van der Waals surface area contributed by atoms with Gasteiger partial charge in [0.25, 0.3) is 5.91 Å². The molecular weight excluding hydrogens is 394 g/mol. The second-order valence-electron chi connectivity index (χ2n) is 5.53. The second-order valence-corrected chi connectivity index (χ2v) is 6.52. The number of allylic oxidation sites excluding steroid dienone is 2. The Balaban J connectivity index is 0.00000190. The van der Waals surface area contributed by atoms with Gasteiger partial charge in [0.05, 0.1) is 16.3 Å². The third-order valence-corrected chi connectivity index (χ3v) is 4.58. The fourth-order valence-corrected chi connectivity index (χ4v) is 3.33. The van der Waals surface area contributed by atoms with Crippen molar-refractivity contribution in [3.8, 4) is 0 Å². The first-order valence-electron chi connectivity index (χ1n) is 8.56. The number of amides is 1. The molecule has 0 aromatic heterocycles. The maximum Gasteiger partial charge on any atom is 0.335 e. The molecule has 0 spiro atoms. The molecule has 0 atom stereocenters. The summed E-state index contributed by atoms with van der Waals surface area (Å²) < 4.78 is 5.81. The Morgan fingerprint density at radius 3 is 2.68 bits per heavy atom. The van der Waals surface area contributed by atoms with Crippen LogP contribution < -0.4 is 0 Å². The number of aromatic carboxylic acids is 1. The summed E-state index contributed by atoms with van der Waals surface area (Å²) in [5, 5.41) is 9.15. The second kappa shape index (κ2) is 12.2. The van der Waals surface area contributed by atoms with Crippen molar-refractivity contribution in [2.24, 2.45) is 0 Å². The Morgan fingerprint density at radius 2 is 2.07 bits per heavy atom. The summed E-state index contributed by atoms with van der Waals surface area (Å²) in [6.07, 6.45) is 7.54. The minimum Gasteiger partial charge on any atom is -0.478 e. The number of nitrogens with zero attached hydrogens (tertiary/aromatic N) is 1. The van der Waals surface area contributed by atoms with Crippen molar-refractivity contribution in [1.29, 1.82) is 0 Å². The van der Waals surface area contributed by atoms with Gasteiger partial charge in [0.15, 0.2) is 0 Å². The molecule has 1 aromatic carbocycles. The third-order valence-electron chi connectivity index (χ3n) is 3.54. The molecule has 1 heterocycles. The highest BCUT2D eigenvalue weighted by molar-refractivity contribution is 8.04. The van der Waals surface area contributed by atoms with Crippen molar-refractivity contribution < 1.29 is 19.4 Å². The number of carbonyl (C=O) groups is 2. The maximum atomic E-state index is 12.2. The summed E-state index contributed by atoms with van der Waals surface area (Å²) in [4.78, 5) is 25.6. The predicted molar refractivity (Wildman–Crippen MR) is 119 cm³/mol. The van der Waals surface area contributed by atoms with Gasteiger partial charge in [0, 0.05) is 12.1 Å². The first-order valence-corrected chi connectivity index (χ1v) is 10.4. The van der Waals surface area contributed by atoms with E-state index in [9.17, 15) is 9.59 Å². The number of thioether (sulfide) groups is 1. The SMILES string of the molecule is C=CCN1CS/C(=C/C(=C)O/C(=C\CC)c2cccc(C(=O)O)c2)C1=O.CS. The van der Waals surface area contributed by atoms with Gasteiger partial charge in [-0.25, -0.2) is 4.79 Å². The highest BCUT2D eigenvalue weighted by Gasteiger charge is 2.25. The molecule has 1 aliphatic rings. The Morgan fingerprint density at radius 1 is 1.39 bits per heavy atom. The maximum absolute atomic E-state index is 12.2. The van der Waals surface area contributed by atoms with E-state index in [-0.39, 0.29) is 11.5 Å². The zero-order valence-electron chi connectivity index (χ0n) is 16.1. The van der Waals surface area contributed by atoms with Gasteiger partial charge in [-0.05, 0) is 37.0 Å². The number of rotatable bonds is 8. The molecule has 0 radical (unpaired) electrons. The average Bonchev–Trinajstić information content (AvgIpc) is 3.03. The van der Waals surface area contributed by atoms with E-state index in [0.29, 0.717) is 40.8 Å². The summed E-state index contributed by atoms with van der Waals surface area (Å²) >= 11 is 4.95. The largest absolute Gasteiger partial charge is 0.478 e. The van der Waals surface area contributed by atoms with E-state index >= 15 is 0 Å². The summed E-state index contributed by atoms with van der Waals surface area (Å²) in [5.74, 6) is 0.326. The molecular formula is C21H25NO4S2. The number of carboxylic acids is 1. The van der Waals surface area contributed by atoms with Crippen LogP contribution in [0.25, 0.3) is 5.76 Å². The van der Waals surface area contributed by atoms with Crippen LogP contribution in [-0.2, 0) is 9.53 Å². The lowest BCUT2D eigenvalue weighted by molar-refractivity contribution is -0.124. The standard InChI is InChI=1S/C20H21NO4S.CH4S/c1-4-7-17(15-8-6-9-16(12-15)20(23)24)25-14(3)11-18-19(22)21(10-5-2)13-26-18;1-2/h5-9,11-12H,2-4,10,13H2,1H3,(H,23,24);2H,1H3/b17-7-,18-11+;. The topological polar surface area (TPSA) is 66.8 Å². The number of thiol groups is 1. The van der Waals surface area contributed by atoms with Gasteiger partial charge in [-0.2, -0.15) is 12.6 Å². The Bertz CT molecular complexity index is 799. The molecule has 1 fully saturated rings. The highest BCUT2D eigenvalue weighted by Crippen LogP contribution is 2.30. The predicted octanol–water partition coefficient (Wildman–Crippen LogP) is 4.81. The Kier molecular flexibility index (Phi) is 10.3. The number of ether oxygens (including phenoxy) is 1. The quantitative estimate of drug-likeness (QED) is 0.274. The molecule has 0 unspecified atom stereocenters. The van der Waals surface area contributed by atoms with Crippen molar-refractivity contribution in [2.75, 3.05) is 18.7 Å². The molecule has 1 N–H and O–H groups in total. The summed E-state index contributed by atoms with van der Waals surface area (Å²) in [6.45, 7) is 9.97. The third kappa shape index (κ3) is 6.65. The lowest BCUT2D eigenvalue weighted by atomic mass is 10.1. The van der Waals surface area contributed by atoms with E-state index in [1.807, 2.05) is 13.0 Å². The van der Waals surface area contributed by atoms with E-state index in [2.05, 4.69) is 25.8 Å². The fourth-order valence-electron chi connectivity index (χ4n) is 2.34. The van der Waals surface area contributed by atoms with E-state index < -0.39 is 5.97 Å². The van der Waals surface area contributed by atoms with Crippen LogP contribution in [0.3, 0.4) is 0 Å². The molecule has 28 heavy (non-hydrogen) atoms. The van der Waals surface area contributed by atoms with Gasteiger partial charge in [0.2, 0.25) is 0 Å². The van der Waals surface area contributed by atoms with Crippen molar-refractivity contribution in [1.82, 2.24) is 4.90 Å². The molecule has 5 nitrogen and oxygen atoms in total. The van der Waals surface area contributed by atoms with Crippen molar-refractivity contribution >= 4 is 42.0 Å². The van der Waals surface area contributed by atoms with Gasteiger partial charge in [0.1, 0.15) is 11.5 Å². The molecule has 7 heteroatoms. The zero-order valence-corrected chi connectivity index (χ0v) is 17.8. The zero-order chi connectivity index (χ0) is 21.1. The summed E-state index contributed by atoms with van der Waals surface area (Å²) in [5.41, 5.74) is 0.823. The molecule has 2 rings (SSSR count). The average molecular weight is 420 g/mol. The molecule has 0 aliphatic carbocycles. The van der Waals surface area contributed by atoms with E-state index in [1.165, 1.54) is 17.8 Å². The van der Waals surface area contributed by atoms with Crippen molar-refractivity contribution in [3.05, 3.63) is 77.4 Å². The minimum absolute atomic E-state index is 0.0754. The molecule has 150 valence electrons. The molecule has 1 aromatic rings. The Hall–Kier alpha value is -2.38. The lowest BCUT2D eigenvalue weighted by Crippen LogP contribution is -2.24. The minimum atomic E-state index is -1.00. The first kappa shape index (κ1) is 23.7. The molecule has 1 aliphatic heterocycles. The van der Waals surface area contributed by atoms with Crippen LogP contribution in [0, 0.1) is 0 Å². The van der Waals surface area contributed by atoms with Crippen LogP contribution in [0.2, 0.25) is 0 Å². The van der Waals surface area contributed by atoms with Crippen LogP contribution in [-0.4, -0.2) is 40.6 Å². The van der Waals surface area contributed by atoms with Gasteiger partial charge >= 0.3 is 5.97 Å². The lowest BCUT2D eigenvalue weighted by Gasteiger charge is -2.12. The highest BCUT2D eigenvalue weighted by atomic mass is 32.2. The number of hydrogen-bond donors (Lipinski definition) is 2. The van der Waals surface area contributed by atoms with Crippen LogP contribution >= 0.6 is 24.4 Å². The van der Waals surface area contributed by atoms with Gasteiger partial charge in [-0.1, -0.05) is 43.5 Å². The molecule has 1 amide bonds. The fraction of sp³-hybridized carbons (Fsp3) is 0.238. The van der Waals surface area contributed by atoms with Gasteiger partial charge < -0.3 is 14.7 Å². The van der Waals surface area contributed by atoms with E-state index in [0.717, 1.165) is 0 Å². The number of benzene rings is 1. The van der Waals surface area contributed by atoms with Crippen molar-refractivity contribution in [2.45, 2.75) is 13.3 Å². The van der Waals surface area contributed by atoms with Crippen LogP contribution in [0.5, 0.6) is 0 Å². The van der Waals surface area contributed by atoms with Gasteiger partial charge in [-0.3, -0.25) is 4.79 Å². The van der Waals surface area contributed by atoms with Crippen LogP contribution in [0.15, 0.2) is 66.3 Å². The number of hydrogen-bond acceptors (Lipinski definition) is 5. The van der Waals surface area contributed by atoms with Crippen LogP contribution in [0.1, 0.15) is 29.3 Å². The van der Waals surface area contributed by atoms with E-state index in [1.54, 1.807) is 41.5 Å². The van der Waals surface area contributed by atoms with Crippen LogP contribution in [0.4, 0.5) is 0 Å². The van der Waals surface area contributed by atoms with Gasteiger partial charge in [-0.15, -0.1) is 6.58 Å². The smallest absolute Gasteiger partial charge is 0.335 e.